The van der Waals surface area contributed by atoms with E-state index in [9.17, 15) is 10.2 Å². The van der Waals surface area contributed by atoms with E-state index in [0.717, 1.165) is 11.1 Å². The van der Waals surface area contributed by atoms with Crippen molar-refractivity contribution in [3.8, 4) is 11.5 Å². The third kappa shape index (κ3) is 2.77. The first-order valence-electron chi connectivity index (χ1n) is 5.38. The Labute approximate surface area is 99.6 Å². The Bertz CT molecular complexity index is 503. The first-order valence-corrected chi connectivity index (χ1v) is 5.38. The van der Waals surface area contributed by atoms with Crippen LogP contribution in [0.5, 0.6) is 11.5 Å². The van der Waals surface area contributed by atoms with E-state index in [1.165, 1.54) is 0 Å². The predicted octanol–water partition coefficient (Wildman–Crippen LogP) is 2.18. The van der Waals surface area contributed by atoms with Crippen LogP contribution >= 0.6 is 0 Å². The van der Waals surface area contributed by atoms with Gasteiger partial charge in [0.2, 0.25) is 0 Å². The van der Waals surface area contributed by atoms with Gasteiger partial charge in [0, 0.05) is 5.56 Å². The topological polar surface area (TPSA) is 60.7 Å². The number of aromatic hydroxyl groups is 2. The maximum absolute atomic E-state index is 9.44. The van der Waals surface area contributed by atoms with Gasteiger partial charge in [-0.15, -0.1) is 0 Å². The van der Waals surface area contributed by atoms with E-state index in [1.807, 2.05) is 18.2 Å². The van der Waals surface area contributed by atoms with Crippen LogP contribution < -0.4 is 0 Å². The summed E-state index contributed by atoms with van der Waals surface area (Å²) in [6, 6.07) is 12.2. The van der Waals surface area contributed by atoms with E-state index in [1.54, 1.807) is 24.3 Å². The highest BCUT2D eigenvalue weighted by atomic mass is 16.3. The maximum Gasteiger partial charge on any atom is 0.121 e. The highest BCUT2D eigenvalue weighted by molar-refractivity contribution is 5.38. The van der Waals surface area contributed by atoms with Gasteiger partial charge in [-0.25, -0.2) is 0 Å². The fourth-order valence-corrected chi connectivity index (χ4v) is 1.72. The lowest BCUT2D eigenvalue weighted by molar-refractivity contribution is 0.275. The molecule has 0 bridgehead atoms. The van der Waals surface area contributed by atoms with Crippen LogP contribution in [0.3, 0.4) is 0 Å². The summed E-state index contributed by atoms with van der Waals surface area (Å²) >= 11 is 0. The minimum Gasteiger partial charge on any atom is -0.508 e. The zero-order valence-electron chi connectivity index (χ0n) is 9.30. The standard InChI is InChI=1S/C14H14O3/c15-9-12-8-11(3-6-14(12)17)7-10-1-4-13(16)5-2-10/h1-6,8,15-17H,7,9H2. The second-order valence-electron chi connectivity index (χ2n) is 3.96. The van der Waals surface area contributed by atoms with Crippen LogP contribution in [0.15, 0.2) is 42.5 Å². The van der Waals surface area contributed by atoms with Gasteiger partial charge in [0.25, 0.3) is 0 Å². The molecule has 3 nitrogen and oxygen atoms in total. The number of hydrogen-bond donors (Lipinski definition) is 3. The molecule has 0 aliphatic carbocycles. The SMILES string of the molecule is OCc1cc(Cc2ccc(O)cc2)ccc1O. The molecule has 0 fully saturated rings. The van der Waals surface area contributed by atoms with Crippen LogP contribution in [0.1, 0.15) is 16.7 Å². The molecule has 0 unspecified atom stereocenters. The first kappa shape index (κ1) is 11.5. The van der Waals surface area contributed by atoms with Crippen molar-refractivity contribution < 1.29 is 15.3 Å². The largest absolute Gasteiger partial charge is 0.508 e. The molecule has 0 heterocycles. The average Bonchev–Trinajstić information content (AvgIpc) is 2.34. The molecule has 2 rings (SSSR count). The smallest absolute Gasteiger partial charge is 0.121 e. The normalized spacial score (nSPS) is 10.4. The van der Waals surface area contributed by atoms with Gasteiger partial charge in [0.15, 0.2) is 0 Å². The third-order valence-electron chi connectivity index (χ3n) is 2.66. The van der Waals surface area contributed by atoms with E-state index >= 15 is 0 Å². The summed E-state index contributed by atoms with van der Waals surface area (Å²) in [7, 11) is 0. The van der Waals surface area contributed by atoms with Crippen molar-refractivity contribution in [2.45, 2.75) is 13.0 Å². The lowest BCUT2D eigenvalue weighted by atomic mass is 10.0. The monoisotopic (exact) mass is 230 g/mol. The molecule has 0 amide bonds. The Kier molecular flexibility index (Phi) is 3.30. The number of phenolic OH excluding ortho intramolecular Hbond substituents is 1. The molecule has 88 valence electrons. The van der Waals surface area contributed by atoms with Gasteiger partial charge in [-0.2, -0.15) is 0 Å². The van der Waals surface area contributed by atoms with Crippen LogP contribution in [0.25, 0.3) is 0 Å². The maximum atomic E-state index is 9.44. The lowest BCUT2D eigenvalue weighted by Gasteiger charge is -2.06. The van der Waals surface area contributed by atoms with Crippen molar-refractivity contribution in [2.24, 2.45) is 0 Å². The van der Waals surface area contributed by atoms with E-state index < -0.39 is 0 Å². The molecule has 0 saturated heterocycles. The van der Waals surface area contributed by atoms with Crippen LogP contribution in [0.4, 0.5) is 0 Å². The molecule has 3 heteroatoms. The van der Waals surface area contributed by atoms with Crippen molar-refractivity contribution in [2.75, 3.05) is 0 Å². The van der Waals surface area contributed by atoms with Crippen molar-refractivity contribution in [3.05, 3.63) is 59.2 Å². The van der Waals surface area contributed by atoms with Crippen molar-refractivity contribution in [1.29, 1.82) is 0 Å². The Balaban J connectivity index is 2.21. The molecular formula is C14H14O3. The minimum absolute atomic E-state index is 0.113. The summed E-state index contributed by atoms with van der Waals surface area (Å²) in [4.78, 5) is 0. The van der Waals surface area contributed by atoms with Gasteiger partial charge in [-0.1, -0.05) is 18.2 Å². The van der Waals surface area contributed by atoms with Gasteiger partial charge in [0.05, 0.1) is 6.61 Å². The van der Waals surface area contributed by atoms with Gasteiger partial charge in [-0.3, -0.25) is 0 Å². The van der Waals surface area contributed by atoms with Crippen molar-refractivity contribution in [3.63, 3.8) is 0 Å². The molecule has 0 radical (unpaired) electrons. The number of hydrogen-bond acceptors (Lipinski definition) is 3. The Hall–Kier alpha value is -2.00. The second-order valence-corrected chi connectivity index (χ2v) is 3.96. The van der Waals surface area contributed by atoms with E-state index in [0.29, 0.717) is 12.0 Å². The fourth-order valence-electron chi connectivity index (χ4n) is 1.72. The van der Waals surface area contributed by atoms with E-state index in [4.69, 9.17) is 5.11 Å². The molecule has 0 aliphatic heterocycles. The van der Waals surface area contributed by atoms with Crippen LogP contribution in [-0.4, -0.2) is 15.3 Å². The highest BCUT2D eigenvalue weighted by Crippen LogP contribution is 2.21. The fraction of sp³-hybridized carbons (Fsp3) is 0.143. The molecule has 2 aromatic rings. The summed E-state index contributed by atoms with van der Waals surface area (Å²) in [6.07, 6.45) is 0.702. The first-order chi connectivity index (χ1) is 8.19. The Morgan fingerprint density at radius 2 is 1.47 bits per heavy atom. The number of benzene rings is 2. The van der Waals surface area contributed by atoms with Crippen LogP contribution in [-0.2, 0) is 13.0 Å². The van der Waals surface area contributed by atoms with Crippen molar-refractivity contribution >= 4 is 0 Å². The lowest BCUT2D eigenvalue weighted by Crippen LogP contribution is -1.91. The van der Waals surface area contributed by atoms with Crippen molar-refractivity contribution in [1.82, 2.24) is 0 Å². The Morgan fingerprint density at radius 1 is 0.824 bits per heavy atom. The molecule has 0 saturated carbocycles. The van der Waals surface area contributed by atoms with E-state index in [2.05, 4.69) is 0 Å². The molecule has 17 heavy (non-hydrogen) atoms. The summed E-state index contributed by atoms with van der Waals surface area (Å²) in [6.45, 7) is -0.171. The molecule has 0 aliphatic rings. The van der Waals surface area contributed by atoms with Crippen LogP contribution in [0.2, 0.25) is 0 Å². The molecule has 3 N–H and O–H groups in total. The quantitative estimate of drug-likeness (QED) is 0.757. The summed E-state index contributed by atoms with van der Waals surface area (Å²) in [5, 5.41) is 27.7. The van der Waals surface area contributed by atoms with Gasteiger partial charge in [-0.05, 0) is 41.8 Å². The highest BCUT2D eigenvalue weighted by Gasteiger charge is 2.02. The number of phenols is 2. The minimum atomic E-state index is -0.171. The molecule has 0 spiro atoms. The zero-order valence-corrected chi connectivity index (χ0v) is 9.30. The van der Waals surface area contributed by atoms with E-state index in [-0.39, 0.29) is 18.1 Å². The number of aliphatic hydroxyl groups is 1. The number of rotatable bonds is 3. The molecule has 2 aromatic carbocycles. The molecule has 0 atom stereocenters. The van der Waals surface area contributed by atoms with Crippen LogP contribution in [0, 0.1) is 0 Å². The molecule has 0 aromatic heterocycles. The number of aliphatic hydroxyl groups excluding tert-OH is 1. The van der Waals surface area contributed by atoms with Gasteiger partial charge in [0.1, 0.15) is 11.5 Å². The average molecular weight is 230 g/mol. The molecular weight excluding hydrogens is 216 g/mol. The predicted molar refractivity (Wildman–Crippen MR) is 64.9 cm³/mol. The second kappa shape index (κ2) is 4.89. The summed E-state index contributed by atoms with van der Waals surface area (Å²) in [5.41, 5.74) is 2.61. The van der Waals surface area contributed by atoms with Gasteiger partial charge >= 0.3 is 0 Å². The summed E-state index contributed by atoms with van der Waals surface area (Å²) in [5.74, 6) is 0.359. The zero-order chi connectivity index (χ0) is 12.3. The van der Waals surface area contributed by atoms with Gasteiger partial charge < -0.3 is 15.3 Å². The Morgan fingerprint density at radius 3 is 2.12 bits per heavy atom. The third-order valence-corrected chi connectivity index (χ3v) is 2.66. The summed E-state index contributed by atoms with van der Waals surface area (Å²) < 4.78 is 0.